The Bertz CT molecular complexity index is 249. The molecular formula is C18H37N3. The highest BCUT2D eigenvalue weighted by Gasteiger charge is 2.30. The maximum Gasteiger partial charge on any atom is 0.0448 e. The summed E-state index contributed by atoms with van der Waals surface area (Å²) in [7, 11) is 0. The summed E-state index contributed by atoms with van der Waals surface area (Å²) in [5, 5.41) is 2.47. The molecule has 2 fully saturated rings. The van der Waals surface area contributed by atoms with E-state index in [0.717, 1.165) is 6.54 Å². The topological polar surface area (TPSA) is 41.3 Å². The number of nitrogens with one attached hydrogen (secondary N) is 1. The molecular weight excluding hydrogens is 258 g/mol. The quantitative estimate of drug-likeness (QED) is 0.827. The highest BCUT2D eigenvalue weighted by atomic mass is 15.5. The van der Waals surface area contributed by atoms with Gasteiger partial charge in [0, 0.05) is 25.2 Å². The van der Waals surface area contributed by atoms with E-state index in [1.54, 1.807) is 0 Å². The van der Waals surface area contributed by atoms with E-state index < -0.39 is 0 Å². The Morgan fingerprint density at radius 3 is 1.57 bits per heavy atom. The Morgan fingerprint density at radius 2 is 1.10 bits per heavy atom. The van der Waals surface area contributed by atoms with E-state index in [1.165, 1.54) is 103 Å². The average Bonchev–Trinajstić information content (AvgIpc) is 2.51. The molecule has 3 heteroatoms. The maximum atomic E-state index is 6.25. The molecule has 3 N–H and O–H groups in total. The van der Waals surface area contributed by atoms with Crippen LogP contribution in [0.25, 0.3) is 0 Å². The van der Waals surface area contributed by atoms with Crippen LogP contribution in [0.3, 0.4) is 0 Å². The molecule has 0 unspecified atom stereocenters. The van der Waals surface area contributed by atoms with Crippen LogP contribution in [-0.4, -0.2) is 30.2 Å². The molecule has 0 bridgehead atoms. The third-order valence-electron chi connectivity index (χ3n) is 5.45. The molecule has 0 amide bonds. The SMILES string of the molecule is NCC1(NN2CCCCC2)CCCCCCCCCCC1. The van der Waals surface area contributed by atoms with E-state index in [0.29, 0.717) is 0 Å². The van der Waals surface area contributed by atoms with Crippen LogP contribution in [0.5, 0.6) is 0 Å². The van der Waals surface area contributed by atoms with Gasteiger partial charge in [-0.25, -0.2) is 10.4 Å². The molecule has 3 nitrogen and oxygen atoms in total. The second-order valence-corrected chi connectivity index (χ2v) is 7.33. The minimum Gasteiger partial charge on any atom is -0.329 e. The minimum atomic E-state index is 0.177. The van der Waals surface area contributed by atoms with Crippen molar-refractivity contribution in [3.05, 3.63) is 0 Å². The van der Waals surface area contributed by atoms with Gasteiger partial charge in [-0.2, -0.15) is 0 Å². The number of piperidine rings is 1. The number of nitrogens with two attached hydrogens (primary N) is 1. The third-order valence-corrected chi connectivity index (χ3v) is 5.45. The van der Waals surface area contributed by atoms with Crippen LogP contribution in [-0.2, 0) is 0 Å². The molecule has 2 rings (SSSR count). The fourth-order valence-electron chi connectivity index (χ4n) is 3.99. The Balaban J connectivity index is 1.89. The summed E-state index contributed by atoms with van der Waals surface area (Å²) in [5.41, 5.74) is 10.3. The molecule has 1 aliphatic heterocycles. The fraction of sp³-hybridized carbons (Fsp3) is 1.00. The van der Waals surface area contributed by atoms with Gasteiger partial charge in [-0.05, 0) is 25.7 Å². The lowest BCUT2D eigenvalue weighted by atomic mass is 9.86. The zero-order valence-corrected chi connectivity index (χ0v) is 14.0. The van der Waals surface area contributed by atoms with Crippen molar-refractivity contribution in [2.45, 2.75) is 95.4 Å². The number of nitrogens with zero attached hydrogens (tertiary/aromatic N) is 1. The minimum absolute atomic E-state index is 0.177. The van der Waals surface area contributed by atoms with Crippen LogP contribution >= 0.6 is 0 Å². The molecule has 1 heterocycles. The first-order chi connectivity index (χ1) is 10.3. The number of rotatable bonds is 3. The first-order valence-electron chi connectivity index (χ1n) is 9.57. The Labute approximate surface area is 132 Å². The Kier molecular flexibility index (Phi) is 8.05. The van der Waals surface area contributed by atoms with Gasteiger partial charge in [-0.1, -0.05) is 64.2 Å². The number of hydrazine groups is 1. The van der Waals surface area contributed by atoms with Gasteiger partial charge < -0.3 is 5.73 Å². The number of hydrogen-bond donors (Lipinski definition) is 2. The predicted octanol–water partition coefficient (Wildman–Crippen LogP) is 3.98. The van der Waals surface area contributed by atoms with Crippen LogP contribution in [0, 0.1) is 0 Å². The molecule has 1 aliphatic carbocycles. The van der Waals surface area contributed by atoms with Crippen LogP contribution in [0.4, 0.5) is 0 Å². The van der Waals surface area contributed by atoms with Gasteiger partial charge in [0.05, 0.1) is 0 Å². The lowest BCUT2D eigenvalue weighted by molar-refractivity contribution is 0.0697. The summed E-state index contributed by atoms with van der Waals surface area (Å²) in [5.74, 6) is 0. The van der Waals surface area contributed by atoms with E-state index in [9.17, 15) is 0 Å². The fourth-order valence-corrected chi connectivity index (χ4v) is 3.99. The van der Waals surface area contributed by atoms with Crippen molar-refractivity contribution in [3.63, 3.8) is 0 Å². The molecule has 124 valence electrons. The van der Waals surface area contributed by atoms with E-state index in [-0.39, 0.29) is 5.54 Å². The standard InChI is InChI=1S/C18H37N3/c19-17-18(20-21-15-11-8-12-16-21)13-9-6-4-2-1-3-5-7-10-14-18/h20H,1-17,19H2. The van der Waals surface area contributed by atoms with Gasteiger partial charge >= 0.3 is 0 Å². The zero-order chi connectivity index (χ0) is 14.8. The first kappa shape index (κ1) is 17.2. The van der Waals surface area contributed by atoms with Crippen LogP contribution in [0.2, 0.25) is 0 Å². The van der Waals surface area contributed by atoms with E-state index in [2.05, 4.69) is 10.4 Å². The molecule has 0 radical (unpaired) electrons. The maximum absolute atomic E-state index is 6.25. The monoisotopic (exact) mass is 295 g/mol. The van der Waals surface area contributed by atoms with Crippen molar-refractivity contribution in [2.75, 3.05) is 19.6 Å². The first-order valence-corrected chi connectivity index (χ1v) is 9.57. The van der Waals surface area contributed by atoms with Crippen molar-refractivity contribution >= 4 is 0 Å². The van der Waals surface area contributed by atoms with Crippen LogP contribution in [0.1, 0.15) is 89.9 Å². The molecule has 1 saturated heterocycles. The van der Waals surface area contributed by atoms with Crippen molar-refractivity contribution in [1.82, 2.24) is 10.4 Å². The molecule has 0 aromatic rings. The van der Waals surface area contributed by atoms with Crippen molar-refractivity contribution in [1.29, 1.82) is 0 Å². The summed E-state index contributed by atoms with van der Waals surface area (Å²) in [6.45, 7) is 3.22. The summed E-state index contributed by atoms with van der Waals surface area (Å²) in [4.78, 5) is 0. The van der Waals surface area contributed by atoms with Crippen molar-refractivity contribution in [2.24, 2.45) is 5.73 Å². The molecule has 0 atom stereocenters. The van der Waals surface area contributed by atoms with E-state index >= 15 is 0 Å². The lowest BCUT2D eigenvalue weighted by Crippen LogP contribution is -2.59. The average molecular weight is 296 g/mol. The Hall–Kier alpha value is -0.120. The van der Waals surface area contributed by atoms with Crippen LogP contribution in [0.15, 0.2) is 0 Å². The van der Waals surface area contributed by atoms with Crippen molar-refractivity contribution in [3.8, 4) is 0 Å². The van der Waals surface area contributed by atoms with Gasteiger partial charge in [0.25, 0.3) is 0 Å². The number of hydrogen-bond acceptors (Lipinski definition) is 3. The van der Waals surface area contributed by atoms with Gasteiger partial charge in [-0.3, -0.25) is 0 Å². The normalized spacial score (nSPS) is 26.7. The van der Waals surface area contributed by atoms with E-state index in [1.807, 2.05) is 0 Å². The summed E-state index contributed by atoms with van der Waals surface area (Å²) >= 11 is 0. The smallest absolute Gasteiger partial charge is 0.0448 e. The Morgan fingerprint density at radius 1 is 0.667 bits per heavy atom. The third kappa shape index (κ3) is 6.25. The molecule has 0 aromatic heterocycles. The predicted molar refractivity (Wildman–Crippen MR) is 91.1 cm³/mol. The summed E-state index contributed by atoms with van der Waals surface area (Å²) < 4.78 is 0. The van der Waals surface area contributed by atoms with Gasteiger partial charge in [0.1, 0.15) is 0 Å². The van der Waals surface area contributed by atoms with E-state index in [4.69, 9.17) is 5.73 Å². The van der Waals surface area contributed by atoms with Crippen molar-refractivity contribution < 1.29 is 0 Å². The lowest BCUT2D eigenvalue weighted by Gasteiger charge is -2.41. The van der Waals surface area contributed by atoms with Crippen LogP contribution < -0.4 is 11.2 Å². The molecule has 0 spiro atoms. The zero-order valence-electron chi connectivity index (χ0n) is 14.0. The summed E-state index contributed by atoms with van der Waals surface area (Å²) in [6, 6.07) is 0. The van der Waals surface area contributed by atoms with Gasteiger partial charge in [0.15, 0.2) is 0 Å². The highest BCUT2D eigenvalue weighted by Crippen LogP contribution is 2.25. The molecule has 1 saturated carbocycles. The summed E-state index contributed by atoms with van der Waals surface area (Å²) in [6.07, 6.45) is 19.3. The highest BCUT2D eigenvalue weighted by molar-refractivity contribution is 4.89. The molecule has 0 aromatic carbocycles. The van der Waals surface area contributed by atoms with Gasteiger partial charge in [-0.15, -0.1) is 0 Å². The van der Waals surface area contributed by atoms with Gasteiger partial charge in [0.2, 0.25) is 0 Å². The second kappa shape index (κ2) is 9.81. The molecule has 21 heavy (non-hydrogen) atoms. The molecule has 2 aliphatic rings. The largest absolute Gasteiger partial charge is 0.329 e. The second-order valence-electron chi connectivity index (χ2n) is 7.33.